The number of aromatic nitrogens is 5. The fraction of sp³-hybridized carbons (Fsp3) is 0.472. The van der Waals surface area contributed by atoms with Gasteiger partial charge in [-0.1, -0.05) is 24.3 Å². The van der Waals surface area contributed by atoms with Crippen molar-refractivity contribution in [2.75, 3.05) is 59.4 Å². The van der Waals surface area contributed by atoms with E-state index in [1.165, 1.54) is 0 Å². The van der Waals surface area contributed by atoms with Crippen LogP contribution in [0.4, 0.5) is 4.79 Å². The Labute approximate surface area is 283 Å². The highest BCUT2D eigenvalue weighted by Crippen LogP contribution is 2.28. The molecular formula is C36H43N9O4. The third kappa shape index (κ3) is 6.28. The van der Waals surface area contributed by atoms with Crippen LogP contribution in [0.2, 0.25) is 0 Å². The Hall–Kier alpha value is -4.75. The summed E-state index contributed by atoms with van der Waals surface area (Å²) in [7, 11) is 2.16. The summed E-state index contributed by atoms with van der Waals surface area (Å²) >= 11 is 0. The molecule has 3 aromatic heterocycles. The van der Waals surface area contributed by atoms with Gasteiger partial charge in [0.25, 0.3) is 5.91 Å². The van der Waals surface area contributed by atoms with Gasteiger partial charge in [0.1, 0.15) is 0 Å². The summed E-state index contributed by atoms with van der Waals surface area (Å²) in [6, 6.07) is 14.0. The van der Waals surface area contributed by atoms with E-state index in [0.717, 1.165) is 77.4 Å². The van der Waals surface area contributed by atoms with Gasteiger partial charge in [-0.2, -0.15) is 5.10 Å². The molecule has 3 saturated heterocycles. The number of nitrogens with one attached hydrogen (secondary N) is 2. The van der Waals surface area contributed by atoms with Crippen LogP contribution in [-0.4, -0.2) is 128 Å². The maximum absolute atomic E-state index is 14.1. The minimum Gasteiger partial charge on any atom is -0.436 e. The highest BCUT2D eigenvalue weighted by molar-refractivity contribution is 6.01. The number of piperidine rings is 2. The molecule has 8 rings (SSSR count). The van der Waals surface area contributed by atoms with Gasteiger partial charge < -0.3 is 24.4 Å². The molecule has 49 heavy (non-hydrogen) atoms. The van der Waals surface area contributed by atoms with Gasteiger partial charge in [-0.15, -0.1) is 0 Å². The zero-order valence-electron chi connectivity index (χ0n) is 27.9. The number of benzene rings is 2. The SMILES string of the molecule is CN1CCN(C2CCN(C(=O)C(Cc3ccc4[nH]ncc4c3)OC(=O)N3CCC(n4c(=O)[nH]c5c6ccccc6ncc54)CC3)CC2)CC1. The Bertz CT molecular complexity index is 2030. The molecule has 3 aliphatic heterocycles. The predicted octanol–water partition coefficient (Wildman–Crippen LogP) is 3.38. The van der Waals surface area contributed by atoms with Crippen LogP contribution in [0.1, 0.15) is 37.3 Å². The van der Waals surface area contributed by atoms with E-state index in [2.05, 4.69) is 37.0 Å². The van der Waals surface area contributed by atoms with E-state index in [1.54, 1.807) is 21.9 Å². The van der Waals surface area contributed by atoms with E-state index in [-0.39, 0.29) is 24.1 Å². The van der Waals surface area contributed by atoms with Crippen LogP contribution in [0, 0.1) is 0 Å². The molecule has 256 valence electrons. The van der Waals surface area contributed by atoms with Crippen LogP contribution in [0.25, 0.3) is 32.8 Å². The second-order valence-corrected chi connectivity index (χ2v) is 13.8. The molecule has 6 heterocycles. The predicted molar refractivity (Wildman–Crippen MR) is 186 cm³/mol. The number of likely N-dealkylation sites (tertiary alicyclic amines) is 2. The smallest absolute Gasteiger partial charge is 0.410 e. The molecule has 13 heteroatoms. The van der Waals surface area contributed by atoms with E-state index < -0.39 is 12.2 Å². The molecular weight excluding hydrogens is 622 g/mol. The number of carbonyl (C=O) groups excluding carboxylic acids is 2. The Morgan fingerprint density at radius 3 is 2.43 bits per heavy atom. The standard InChI is InChI=1S/C36H43N9O4/c1-41-16-18-42(19-17-41)26-8-12-43(13-9-26)34(46)32(21-24-6-7-29-25(20-24)22-38-40-29)49-36(48)44-14-10-27(11-15-44)45-31-23-37-30-5-3-2-4-28(30)33(31)39-35(45)47/h2-7,20,22-23,26-27,32H,8-19,21H2,1H3,(H,38,40)(H,39,47). The second-order valence-electron chi connectivity index (χ2n) is 13.8. The van der Waals surface area contributed by atoms with Gasteiger partial charge in [0.2, 0.25) is 0 Å². The molecule has 0 radical (unpaired) electrons. The number of fused-ring (bicyclic) bond motifs is 4. The molecule has 13 nitrogen and oxygen atoms in total. The Balaban J connectivity index is 0.949. The fourth-order valence-corrected chi connectivity index (χ4v) is 7.94. The van der Waals surface area contributed by atoms with E-state index in [4.69, 9.17) is 4.74 Å². The summed E-state index contributed by atoms with van der Waals surface area (Å²) in [5, 5.41) is 8.94. The molecule has 5 aromatic rings. The third-order valence-electron chi connectivity index (χ3n) is 10.8. The van der Waals surface area contributed by atoms with Crippen LogP contribution in [0.5, 0.6) is 0 Å². The number of rotatable bonds is 6. The fourth-order valence-electron chi connectivity index (χ4n) is 7.94. The van der Waals surface area contributed by atoms with Crippen molar-refractivity contribution in [2.24, 2.45) is 0 Å². The maximum Gasteiger partial charge on any atom is 0.410 e. The van der Waals surface area contributed by atoms with Gasteiger partial charge in [-0.25, -0.2) is 9.59 Å². The number of imidazole rings is 1. The van der Waals surface area contributed by atoms with E-state index in [0.29, 0.717) is 45.1 Å². The van der Waals surface area contributed by atoms with Crippen molar-refractivity contribution in [2.45, 2.75) is 50.3 Å². The Kier molecular flexibility index (Phi) is 8.54. The van der Waals surface area contributed by atoms with Crippen molar-refractivity contribution in [3.8, 4) is 0 Å². The minimum atomic E-state index is -0.939. The second kappa shape index (κ2) is 13.3. The van der Waals surface area contributed by atoms with Gasteiger partial charge in [0.05, 0.1) is 34.5 Å². The molecule has 2 amide bonds. The average molecular weight is 666 g/mol. The number of pyridine rings is 1. The number of nitrogens with zero attached hydrogens (tertiary/aromatic N) is 7. The van der Waals surface area contributed by atoms with Gasteiger partial charge >= 0.3 is 11.8 Å². The normalized spacial score (nSPS) is 19.6. The first-order valence-electron chi connectivity index (χ1n) is 17.5. The summed E-state index contributed by atoms with van der Waals surface area (Å²) in [6.07, 6.45) is 5.37. The van der Waals surface area contributed by atoms with Crippen LogP contribution in [0.15, 0.2) is 59.7 Å². The lowest BCUT2D eigenvalue weighted by atomic mass is 10.00. The quantitative estimate of drug-likeness (QED) is 0.282. The zero-order valence-corrected chi connectivity index (χ0v) is 27.9. The summed E-state index contributed by atoms with van der Waals surface area (Å²) in [5.74, 6) is -0.141. The number of aromatic amines is 2. The molecule has 2 N–H and O–H groups in total. The molecule has 1 unspecified atom stereocenters. The minimum absolute atomic E-state index is 0.0889. The highest BCUT2D eigenvalue weighted by Gasteiger charge is 2.35. The zero-order chi connectivity index (χ0) is 33.5. The van der Waals surface area contributed by atoms with E-state index in [1.807, 2.05) is 47.4 Å². The number of ether oxygens (including phenoxy) is 1. The van der Waals surface area contributed by atoms with Crippen molar-refractivity contribution in [1.29, 1.82) is 0 Å². The number of hydrogen-bond donors (Lipinski definition) is 2. The monoisotopic (exact) mass is 665 g/mol. The molecule has 2 aromatic carbocycles. The van der Waals surface area contributed by atoms with E-state index >= 15 is 0 Å². The molecule has 3 aliphatic rings. The topological polar surface area (TPSA) is 136 Å². The van der Waals surface area contributed by atoms with Crippen LogP contribution in [0.3, 0.4) is 0 Å². The molecule has 0 spiro atoms. The summed E-state index contributed by atoms with van der Waals surface area (Å²) in [4.78, 5) is 57.0. The number of amides is 2. The first kappa shape index (κ1) is 31.5. The first-order chi connectivity index (χ1) is 23.9. The number of hydrogen-bond acceptors (Lipinski definition) is 8. The van der Waals surface area contributed by atoms with Crippen molar-refractivity contribution in [1.82, 2.24) is 44.3 Å². The van der Waals surface area contributed by atoms with Gasteiger partial charge in [0, 0.05) is 81.6 Å². The van der Waals surface area contributed by atoms with Gasteiger partial charge in [0.15, 0.2) is 6.10 Å². The van der Waals surface area contributed by atoms with Crippen LogP contribution in [-0.2, 0) is 16.0 Å². The lowest BCUT2D eigenvalue weighted by Gasteiger charge is -2.42. The lowest BCUT2D eigenvalue weighted by Crippen LogP contribution is -2.54. The van der Waals surface area contributed by atoms with Crippen molar-refractivity contribution in [3.63, 3.8) is 0 Å². The Morgan fingerprint density at radius 1 is 0.898 bits per heavy atom. The first-order valence-corrected chi connectivity index (χ1v) is 17.5. The molecule has 0 saturated carbocycles. The number of carbonyl (C=O) groups is 2. The van der Waals surface area contributed by atoms with Crippen LogP contribution >= 0.6 is 0 Å². The number of para-hydroxylation sites is 1. The third-order valence-corrected chi connectivity index (χ3v) is 10.8. The summed E-state index contributed by atoms with van der Waals surface area (Å²) in [6.45, 7) is 6.41. The van der Waals surface area contributed by atoms with E-state index in [9.17, 15) is 14.4 Å². The van der Waals surface area contributed by atoms with Gasteiger partial charge in [-0.05, 0) is 56.5 Å². The maximum atomic E-state index is 14.1. The lowest BCUT2D eigenvalue weighted by molar-refractivity contribution is -0.142. The van der Waals surface area contributed by atoms with Gasteiger partial charge in [-0.3, -0.25) is 24.3 Å². The Morgan fingerprint density at radius 2 is 1.63 bits per heavy atom. The van der Waals surface area contributed by atoms with Crippen molar-refractivity contribution >= 4 is 44.8 Å². The molecule has 3 fully saturated rings. The summed E-state index contributed by atoms with van der Waals surface area (Å²) in [5.41, 5.74) is 4.02. The van der Waals surface area contributed by atoms with Crippen LogP contribution < -0.4 is 5.69 Å². The average Bonchev–Trinajstić information content (AvgIpc) is 3.75. The molecule has 0 bridgehead atoms. The molecule has 0 aliphatic carbocycles. The number of H-pyrrole nitrogens is 2. The number of piperazine rings is 1. The largest absolute Gasteiger partial charge is 0.436 e. The van der Waals surface area contributed by atoms with Crippen molar-refractivity contribution in [3.05, 3.63) is 70.9 Å². The summed E-state index contributed by atoms with van der Waals surface area (Å²) < 4.78 is 7.88. The molecule has 1 atom stereocenters. The van der Waals surface area contributed by atoms with Crippen molar-refractivity contribution < 1.29 is 14.3 Å². The number of likely N-dealkylation sites (N-methyl/N-ethyl adjacent to an activating group) is 1. The highest BCUT2D eigenvalue weighted by atomic mass is 16.6.